The number of amides is 2. The van der Waals surface area contributed by atoms with Crippen LogP contribution in [0.15, 0.2) is 84.7 Å². The number of rotatable bonds is 4. The molecule has 9 heteroatoms. The van der Waals surface area contributed by atoms with Crippen molar-refractivity contribution in [1.29, 1.82) is 0 Å². The van der Waals surface area contributed by atoms with Gasteiger partial charge in [-0.2, -0.15) is 0 Å². The number of nitro groups is 1. The molecule has 1 aliphatic heterocycles. The molecule has 0 atom stereocenters. The van der Waals surface area contributed by atoms with E-state index < -0.39 is 16.7 Å². The van der Waals surface area contributed by atoms with Crippen molar-refractivity contribution in [1.82, 2.24) is 15.0 Å². The molecule has 2 aromatic carbocycles. The Morgan fingerprint density at radius 1 is 0.969 bits per heavy atom. The van der Waals surface area contributed by atoms with Gasteiger partial charge in [-0.3, -0.25) is 25.1 Å². The maximum absolute atomic E-state index is 12.9. The van der Waals surface area contributed by atoms with Crippen LogP contribution in [0, 0.1) is 10.1 Å². The van der Waals surface area contributed by atoms with E-state index in [2.05, 4.69) is 10.4 Å². The molecule has 0 bridgehead atoms. The molecule has 5 rings (SSSR count). The lowest BCUT2D eigenvalue weighted by atomic mass is 10.1. The minimum atomic E-state index is -0.511. The molecule has 1 fully saturated rings. The third kappa shape index (κ3) is 3.18. The summed E-state index contributed by atoms with van der Waals surface area (Å²) < 4.78 is 1.76. The number of benzene rings is 2. The number of nitrogens with zero attached hydrogens (tertiary/aromatic N) is 4. The smallest absolute Gasteiger partial charge is 0.287 e. The van der Waals surface area contributed by atoms with Crippen molar-refractivity contribution in [3.63, 3.8) is 0 Å². The maximum atomic E-state index is 12.9. The molecular formula is C23H15N5O4. The van der Waals surface area contributed by atoms with Gasteiger partial charge in [-0.15, -0.1) is 0 Å². The minimum Gasteiger partial charge on any atom is -0.301 e. The summed E-state index contributed by atoms with van der Waals surface area (Å²) in [5.74, 6) is -0.472. The Morgan fingerprint density at radius 2 is 1.72 bits per heavy atom. The number of carbonyl (C=O) groups excluding carboxylic acids is 2. The molecule has 0 spiro atoms. The van der Waals surface area contributed by atoms with E-state index in [9.17, 15) is 19.7 Å². The van der Waals surface area contributed by atoms with Crippen LogP contribution in [0.5, 0.6) is 0 Å². The van der Waals surface area contributed by atoms with Crippen LogP contribution in [-0.2, 0) is 9.59 Å². The molecule has 0 unspecified atom stereocenters. The topological polar surface area (TPSA) is 110 Å². The number of pyridine rings is 1. The van der Waals surface area contributed by atoms with Gasteiger partial charge in [0.1, 0.15) is 17.6 Å². The summed E-state index contributed by atoms with van der Waals surface area (Å²) >= 11 is 0. The van der Waals surface area contributed by atoms with Gasteiger partial charge in [0.2, 0.25) is 0 Å². The van der Waals surface area contributed by atoms with Crippen LogP contribution in [0.3, 0.4) is 0 Å². The molecule has 2 aromatic heterocycles. The first-order valence-electron chi connectivity index (χ1n) is 9.66. The van der Waals surface area contributed by atoms with Crippen LogP contribution >= 0.6 is 0 Å². The summed E-state index contributed by atoms with van der Waals surface area (Å²) in [6.45, 7) is 0. The quantitative estimate of drug-likeness (QED) is 0.233. The van der Waals surface area contributed by atoms with Gasteiger partial charge in [-0.05, 0) is 30.3 Å². The Bertz CT molecular complexity index is 1410. The highest BCUT2D eigenvalue weighted by Crippen LogP contribution is 2.28. The lowest BCUT2D eigenvalue weighted by Crippen LogP contribution is -2.35. The highest BCUT2D eigenvalue weighted by atomic mass is 16.6. The van der Waals surface area contributed by atoms with E-state index in [0.29, 0.717) is 17.1 Å². The molecule has 3 heterocycles. The Hall–Kier alpha value is -4.79. The zero-order valence-electron chi connectivity index (χ0n) is 16.5. The summed E-state index contributed by atoms with van der Waals surface area (Å²) in [5, 5.41) is 12.9. The Kier molecular flexibility index (Phi) is 4.48. The molecule has 156 valence electrons. The van der Waals surface area contributed by atoms with Gasteiger partial charge in [0, 0.05) is 23.2 Å². The van der Waals surface area contributed by atoms with Crippen molar-refractivity contribution in [2.45, 2.75) is 0 Å². The van der Waals surface area contributed by atoms with Gasteiger partial charge in [0.15, 0.2) is 0 Å². The monoisotopic (exact) mass is 425 g/mol. The fraction of sp³-hybridized carbons (Fsp3) is 0. The SMILES string of the molecule is O=C1NN(c2ccccc2)C(=O)C1=Cc1cn(-c2ccc([N+](=O)[O-])cn2)c2ccccc12. The second-order valence-corrected chi connectivity index (χ2v) is 7.08. The molecule has 9 nitrogen and oxygen atoms in total. The summed E-state index contributed by atoms with van der Waals surface area (Å²) in [7, 11) is 0. The van der Waals surface area contributed by atoms with E-state index in [1.165, 1.54) is 17.3 Å². The number of aromatic nitrogens is 2. The molecule has 1 aliphatic rings. The zero-order chi connectivity index (χ0) is 22.2. The average Bonchev–Trinajstić information content (AvgIpc) is 3.32. The Labute approximate surface area is 181 Å². The number of carbonyl (C=O) groups is 2. The van der Waals surface area contributed by atoms with Crippen molar-refractivity contribution < 1.29 is 14.5 Å². The van der Waals surface area contributed by atoms with Crippen molar-refractivity contribution in [3.8, 4) is 5.82 Å². The number of hydrazine groups is 1. The minimum absolute atomic E-state index is 0.00779. The lowest BCUT2D eigenvalue weighted by molar-refractivity contribution is -0.385. The van der Waals surface area contributed by atoms with Crippen LogP contribution in [-0.4, -0.2) is 26.3 Å². The third-order valence-corrected chi connectivity index (χ3v) is 5.14. The second-order valence-electron chi connectivity index (χ2n) is 7.08. The fourth-order valence-corrected chi connectivity index (χ4v) is 3.61. The van der Waals surface area contributed by atoms with E-state index in [0.717, 1.165) is 10.9 Å². The normalized spacial score (nSPS) is 14.9. The van der Waals surface area contributed by atoms with E-state index >= 15 is 0 Å². The lowest BCUT2D eigenvalue weighted by Gasteiger charge is -2.13. The van der Waals surface area contributed by atoms with Crippen LogP contribution in [0.4, 0.5) is 11.4 Å². The number of nitrogens with one attached hydrogen (secondary N) is 1. The van der Waals surface area contributed by atoms with Gasteiger partial charge < -0.3 is 4.57 Å². The van der Waals surface area contributed by atoms with Crippen molar-refractivity contribution >= 4 is 40.2 Å². The predicted molar refractivity (Wildman–Crippen MR) is 118 cm³/mol. The van der Waals surface area contributed by atoms with Crippen molar-refractivity contribution in [3.05, 3.63) is 100 Å². The van der Waals surface area contributed by atoms with E-state index in [4.69, 9.17) is 0 Å². The molecule has 1 saturated heterocycles. The predicted octanol–water partition coefficient (Wildman–Crippen LogP) is 3.40. The van der Waals surface area contributed by atoms with E-state index in [1.54, 1.807) is 47.2 Å². The van der Waals surface area contributed by atoms with Gasteiger partial charge in [-0.25, -0.2) is 9.99 Å². The van der Waals surface area contributed by atoms with Crippen molar-refractivity contribution in [2.24, 2.45) is 0 Å². The zero-order valence-corrected chi connectivity index (χ0v) is 16.5. The second kappa shape index (κ2) is 7.47. The summed E-state index contributed by atoms with van der Waals surface area (Å²) in [6.07, 6.45) is 4.48. The standard InChI is InChI=1S/C23H15N5O4/c29-22-19(23(30)27(25-22)16-6-2-1-3-7-16)12-15-14-26(20-9-5-4-8-18(15)20)21-11-10-17(13-24-21)28(31)32/h1-14H,(H,25,29). The first-order valence-corrected chi connectivity index (χ1v) is 9.66. The number of para-hydroxylation sites is 2. The molecule has 2 amide bonds. The number of hydrogen-bond donors (Lipinski definition) is 1. The summed E-state index contributed by atoms with van der Waals surface area (Å²) in [4.78, 5) is 40.1. The van der Waals surface area contributed by atoms with Gasteiger partial charge >= 0.3 is 0 Å². The average molecular weight is 425 g/mol. The molecule has 4 aromatic rings. The van der Waals surface area contributed by atoms with Crippen LogP contribution < -0.4 is 10.4 Å². The van der Waals surface area contributed by atoms with Gasteiger partial charge in [0.25, 0.3) is 17.5 Å². The maximum Gasteiger partial charge on any atom is 0.287 e. The first-order chi connectivity index (χ1) is 15.5. The first kappa shape index (κ1) is 19.2. The number of anilines is 1. The van der Waals surface area contributed by atoms with E-state index in [1.807, 2.05) is 30.3 Å². The van der Waals surface area contributed by atoms with Gasteiger partial charge in [0.05, 0.1) is 16.1 Å². The highest BCUT2D eigenvalue weighted by Gasteiger charge is 2.34. The fourth-order valence-electron chi connectivity index (χ4n) is 3.61. The molecule has 0 aliphatic carbocycles. The summed E-state index contributed by atoms with van der Waals surface area (Å²) in [6, 6.07) is 19.2. The molecule has 32 heavy (non-hydrogen) atoms. The molecule has 1 N–H and O–H groups in total. The van der Waals surface area contributed by atoms with E-state index in [-0.39, 0.29) is 11.3 Å². The largest absolute Gasteiger partial charge is 0.301 e. The molecular weight excluding hydrogens is 410 g/mol. The Balaban J connectivity index is 1.58. The Morgan fingerprint density at radius 3 is 2.44 bits per heavy atom. The highest BCUT2D eigenvalue weighted by molar-refractivity contribution is 6.32. The molecule has 0 saturated carbocycles. The summed E-state index contributed by atoms with van der Waals surface area (Å²) in [5.41, 5.74) is 4.48. The number of hydrogen-bond acceptors (Lipinski definition) is 5. The van der Waals surface area contributed by atoms with Crippen LogP contribution in [0.2, 0.25) is 0 Å². The van der Waals surface area contributed by atoms with Crippen molar-refractivity contribution in [2.75, 3.05) is 5.01 Å². The number of fused-ring (bicyclic) bond motifs is 1. The third-order valence-electron chi connectivity index (χ3n) is 5.14. The van der Waals surface area contributed by atoms with Crippen LogP contribution in [0.1, 0.15) is 5.56 Å². The van der Waals surface area contributed by atoms with Crippen LogP contribution in [0.25, 0.3) is 22.8 Å². The van der Waals surface area contributed by atoms with Gasteiger partial charge in [-0.1, -0.05) is 36.4 Å². The molecule has 0 radical (unpaired) electrons.